The van der Waals surface area contributed by atoms with Gasteiger partial charge in [-0.3, -0.25) is 9.69 Å². The number of esters is 1. The first-order chi connectivity index (χ1) is 14.5. The summed E-state index contributed by atoms with van der Waals surface area (Å²) in [4.78, 5) is 14.9. The molecule has 30 heavy (non-hydrogen) atoms. The molecule has 0 amide bonds. The predicted octanol–water partition coefficient (Wildman–Crippen LogP) is 2.79. The molecule has 0 aliphatic carbocycles. The van der Waals surface area contributed by atoms with Crippen LogP contribution in [0.25, 0.3) is 0 Å². The van der Waals surface area contributed by atoms with Crippen LogP contribution in [0.3, 0.4) is 0 Å². The first-order valence-electron chi connectivity index (χ1n) is 9.97. The summed E-state index contributed by atoms with van der Waals surface area (Å²) < 4.78 is 27.2. The third kappa shape index (κ3) is 3.65. The van der Waals surface area contributed by atoms with Gasteiger partial charge in [-0.1, -0.05) is 6.07 Å². The molecule has 0 fully saturated rings. The van der Waals surface area contributed by atoms with Crippen LogP contribution >= 0.6 is 0 Å². The van der Waals surface area contributed by atoms with Gasteiger partial charge in [0.15, 0.2) is 23.0 Å². The van der Waals surface area contributed by atoms with E-state index in [0.29, 0.717) is 17.9 Å². The van der Waals surface area contributed by atoms with Crippen molar-refractivity contribution in [1.82, 2.24) is 4.90 Å². The number of carbonyl (C=O) groups excluding carboxylic acids is 1. The van der Waals surface area contributed by atoms with E-state index in [2.05, 4.69) is 4.90 Å². The summed E-state index contributed by atoms with van der Waals surface area (Å²) in [6.45, 7) is 0.966. The summed E-state index contributed by atoms with van der Waals surface area (Å²) >= 11 is 0. The monoisotopic (exact) mass is 413 g/mol. The number of hydrogen-bond donors (Lipinski definition) is 0. The Morgan fingerprint density at radius 1 is 1.07 bits per heavy atom. The van der Waals surface area contributed by atoms with Gasteiger partial charge in [-0.05, 0) is 60.8 Å². The molecular formula is C23H27NO6. The molecule has 0 radical (unpaired) electrons. The van der Waals surface area contributed by atoms with Gasteiger partial charge in [0, 0.05) is 12.5 Å². The highest BCUT2D eigenvalue weighted by molar-refractivity contribution is 5.77. The zero-order valence-corrected chi connectivity index (χ0v) is 17.8. The van der Waals surface area contributed by atoms with Crippen molar-refractivity contribution >= 4 is 5.97 Å². The molecule has 0 aromatic heterocycles. The van der Waals surface area contributed by atoms with Crippen LogP contribution in [0.5, 0.6) is 23.0 Å². The molecule has 4 rings (SSSR count). The first-order valence-corrected chi connectivity index (χ1v) is 9.97. The van der Waals surface area contributed by atoms with Crippen LogP contribution in [0.2, 0.25) is 0 Å². The topological polar surface area (TPSA) is 66.5 Å². The maximum Gasteiger partial charge on any atom is 0.323 e. The highest BCUT2D eigenvalue weighted by Crippen LogP contribution is 2.42. The molecule has 0 spiro atoms. The third-order valence-electron chi connectivity index (χ3n) is 5.97. The Morgan fingerprint density at radius 3 is 2.50 bits per heavy atom. The Morgan fingerprint density at radius 2 is 1.80 bits per heavy atom. The lowest BCUT2D eigenvalue weighted by molar-refractivity contribution is -0.147. The molecule has 0 saturated heterocycles. The van der Waals surface area contributed by atoms with Crippen LogP contribution in [0.1, 0.15) is 22.6 Å². The summed E-state index contributed by atoms with van der Waals surface area (Å²) in [7, 11) is 6.64. The average Bonchev–Trinajstić information content (AvgIpc) is 3.18. The van der Waals surface area contributed by atoms with E-state index in [1.54, 1.807) is 14.2 Å². The second kappa shape index (κ2) is 8.44. The molecule has 0 saturated carbocycles. The molecule has 2 atom stereocenters. The van der Waals surface area contributed by atoms with Gasteiger partial charge in [0.2, 0.25) is 6.79 Å². The quantitative estimate of drug-likeness (QED) is 0.699. The highest BCUT2D eigenvalue weighted by Gasteiger charge is 2.38. The Hall–Kier alpha value is -2.93. The molecule has 160 valence electrons. The zero-order chi connectivity index (χ0) is 21.3. The van der Waals surface area contributed by atoms with E-state index < -0.39 is 6.04 Å². The predicted molar refractivity (Wildman–Crippen MR) is 111 cm³/mol. The molecule has 0 unspecified atom stereocenters. The molecular weight excluding hydrogens is 386 g/mol. The van der Waals surface area contributed by atoms with Crippen molar-refractivity contribution in [3.63, 3.8) is 0 Å². The lowest BCUT2D eigenvalue weighted by Crippen LogP contribution is -2.43. The fourth-order valence-corrected chi connectivity index (χ4v) is 4.42. The number of benzene rings is 2. The number of fused-ring (bicyclic) bond motifs is 2. The number of methoxy groups -OCH3 is 3. The van der Waals surface area contributed by atoms with Crippen molar-refractivity contribution in [1.29, 1.82) is 0 Å². The summed E-state index contributed by atoms with van der Waals surface area (Å²) in [5.74, 6) is 2.46. The van der Waals surface area contributed by atoms with E-state index in [1.807, 2.05) is 37.4 Å². The van der Waals surface area contributed by atoms with Gasteiger partial charge in [0.25, 0.3) is 0 Å². The molecule has 7 nitrogen and oxygen atoms in total. The van der Waals surface area contributed by atoms with Crippen molar-refractivity contribution in [2.75, 3.05) is 41.7 Å². The summed E-state index contributed by atoms with van der Waals surface area (Å²) in [5, 5.41) is 0. The largest absolute Gasteiger partial charge is 0.493 e. The van der Waals surface area contributed by atoms with E-state index in [-0.39, 0.29) is 18.7 Å². The number of ether oxygens (including phenoxy) is 5. The highest BCUT2D eigenvalue weighted by atomic mass is 16.7. The Kier molecular flexibility index (Phi) is 5.72. The Balaban J connectivity index is 1.79. The van der Waals surface area contributed by atoms with Crippen LogP contribution in [0.15, 0.2) is 30.3 Å². The minimum atomic E-state index is -0.412. The molecule has 0 bridgehead atoms. The lowest BCUT2D eigenvalue weighted by Gasteiger charge is -2.31. The molecule has 2 heterocycles. The average molecular weight is 413 g/mol. The van der Waals surface area contributed by atoms with Crippen LogP contribution in [-0.2, 0) is 22.4 Å². The Labute approximate surface area is 176 Å². The SMILES string of the molecule is COC(=O)[C@@H]1[C@@H](Cc2ccc(OC)c(OC)c2)c2cc3c(cc2CCN1C)OCO3. The minimum absolute atomic E-state index is 0.118. The maximum atomic E-state index is 12.8. The lowest BCUT2D eigenvalue weighted by atomic mass is 9.83. The summed E-state index contributed by atoms with van der Waals surface area (Å²) in [6, 6.07) is 9.52. The summed E-state index contributed by atoms with van der Waals surface area (Å²) in [6.07, 6.45) is 1.45. The van der Waals surface area contributed by atoms with Crippen molar-refractivity contribution in [2.24, 2.45) is 0 Å². The molecule has 2 aliphatic rings. The van der Waals surface area contributed by atoms with E-state index >= 15 is 0 Å². The smallest absolute Gasteiger partial charge is 0.323 e. The molecule has 2 aromatic carbocycles. The Bertz CT molecular complexity index is 944. The van der Waals surface area contributed by atoms with Gasteiger partial charge in [-0.2, -0.15) is 0 Å². The molecule has 0 N–H and O–H groups in total. The van der Waals surface area contributed by atoms with Crippen LogP contribution in [-0.4, -0.2) is 58.6 Å². The number of likely N-dealkylation sites (N-methyl/N-ethyl adjacent to an activating group) is 1. The van der Waals surface area contributed by atoms with Gasteiger partial charge in [0.1, 0.15) is 6.04 Å². The van der Waals surface area contributed by atoms with Gasteiger partial charge in [-0.25, -0.2) is 0 Å². The van der Waals surface area contributed by atoms with Crippen LogP contribution < -0.4 is 18.9 Å². The van der Waals surface area contributed by atoms with Crippen molar-refractivity contribution in [3.8, 4) is 23.0 Å². The fourth-order valence-electron chi connectivity index (χ4n) is 4.42. The van der Waals surface area contributed by atoms with Crippen molar-refractivity contribution < 1.29 is 28.5 Å². The second-order valence-corrected chi connectivity index (χ2v) is 7.60. The standard InChI is InChI=1S/C23H27NO6/c1-24-8-7-15-11-20-21(30-13-29-20)12-16(15)17(22(24)23(25)28-4)9-14-5-6-18(26-2)19(10-14)27-3/h5-6,10-12,17,22H,7-9,13H2,1-4H3/t17-,22-/m0/s1. The first kappa shape index (κ1) is 20.3. The van der Waals surface area contributed by atoms with E-state index in [0.717, 1.165) is 35.6 Å². The van der Waals surface area contributed by atoms with Gasteiger partial charge >= 0.3 is 5.97 Å². The van der Waals surface area contributed by atoms with Crippen molar-refractivity contribution in [3.05, 3.63) is 47.0 Å². The minimum Gasteiger partial charge on any atom is -0.493 e. The third-order valence-corrected chi connectivity index (χ3v) is 5.97. The van der Waals surface area contributed by atoms with Gasteiger partial charge in [0.05, 0.1) is 21.3 Å². The molecule has 7 heteroatoms. The van der Waals surface area contributed by atoms with E-state index in [9.17, 15) is 4.79 Å². The number of carbonyl (C=O) groups is 1. The second-order valence-electron chi connectivity index (χ2n) is 7.60. The maximum absolute atomic E-state index is 12.8. The van der Waals surface area contributed by atoms with Crippen LogP contribution in [0, 0.1) is 0 Å². The van der Waals surface area contributed by atoms with Gasteiger partial charge < -0.3 is 23.7 Å². The summed E-state index contributed by atoms with van der Waals surface area (Å²) in [5.41, 5.74) is 3.31. The van der Waals surface area contributed by atoms with E-state index in [4.69, 9.17) is 23.7 Å². The fraction of sp³-hybridized carbons (Fsp3) is 0.435. The zero-order valence-electron chi connectivity index (χ0n) is 17.8. The number of rotatable bonds is 5. The van der Waals surface area contributed by atoms with Crippen molar-refractivity contribution in [2.45, 2.75) is 24.8 Å². The number of nitrogens with zero attached hydrogens (tertiary/aromatic N) is 1. The molecule has 2 aromatic rings. The van der Waals surface area contributed by atoms with Gasteiger partial charge in [-0.15, -0.1) is 0 Å². The van der Waals surface area contributed by atoms with E-state index in [1.165, 1.54) is 12.7 Å². The molecule has 2 aliphatic heterocycles. The normalized spacial score (nSPS) is 20.3. The van der Waals surface area contributed by atoms with Crippen LogP contribution in [0.4, 0.5) is 0 Å². The number of hydrogen-bond acceptors (Lipinski definition) is 7.